The van der Waals surface area contributed by atoms with Gasteiger partial charge < -0.3 is 4.42 Å². The second-order valence-electron chi connectivity index (χ2n) is 7.38. The monoisotopic (exact) mass is 447 g/mol. The number of amides is 1. The maximum absolute atomic E-state index is 12.3. The Bertz CT molecular complexity index is 1310. The molecular weight excluding hydrogens is 426 g/mol. The molecule has 4 aromatic rings. The molecule has 0 bridgehead atoms. The normalized spacial score (nSPS) is 11.3. The largest absolute Gasteiger partial charge is 0.407 e. The van der Waals surface area contributed by atoms with Crippen LogP contribution in [0, 0.1) is 0 Å². The Morgan fingerprint density at radius 1 is 0.844 bits per heavy atom. The maximum atomic E-state index is 12.3. The van der Waals surface area contributed by atoms with Gasteiger partial charge in [0.1, 0.15) is 0 Å². The standard InChI is InChI=1S/C24H21N3O4S/c1-32(29,30)21-13-9-18(10-14-21)16-23-26-27-24(31-23)25-22(28)15-17-7-11-20(12-8-17)19-5-3-2-4-6-19/h2-14H,15-16H2,1H3,(H,25,27,28). The fraction of sp³-hybridized carbons (Fsp3) is 0.125. The van der Waals surface area contributed by atoms with Gasteiger partial charge in [0.25, 0.3) is 0 Å². The first-order chi connectivity index (χ1) is 15.4. The van der Waals surface area contributed by atoms with Crippen molar-refractivity contribution >= 4 is 21.8 Å². The van der Waals surface area contributed by atoms with Crippen molar-refractivity contribution in [1.29, 1.82) is 0 Å². The van der Waals surface area contributed by atoms with Crippen molar-refractivity contribution in [3.05, 3.63) is 95.9 Å². The van der Waals surface area contributed by atoms with Crippen LogP contribution in [0.25, 0.3) is 11.1 Å². The summed E-state index contributed by atoms with van der Waals surface area (Å²) in [7, 11) is -3.24. The van der Waals surface area contributed by atoms with Crippen LogP contribution in [0.3, 0.4) is 0 Å². The molecule has 0 aliphatic carbocycles. The Morgan fingerprint density at radius 3 is 2.12 bits per heavy atom. The average Bonchev–Trinajstić information content (AvgIpc) is 3.21. The molecule has 4 rings (SSSR count). The van der Waals surface area contributed by atoms with Crippen molar-refractivity contribution in [2.75, 3.05) is 11.6 Å². The number of nitrogens with one attached hydrogen (secondary N) is 1. The van der Waals surface area contributed by atoms with Crippen molar-refractivity contribution in [2.24, 2.45) is 0 Å². The first-order valence-corrected chi connectivity index (χ1v) is 11.8. The number of hydrogen-bond acceptors (Lipinski definition) is 6. The third kappa shape index (κ3) is 5.47. The van der Waals surface area contributed by atoms with Crippen molar-refractivity contribution in [1.82, 2.24) is 10.2 Å². The summed E-state index contributed by atoms with van der Waals surface area (Å²) < 4.78 is 28.6. The molecular formula is C24H21N3O4S. The van der Waals surface area contributed by atoms with E-state index in [0.29, 0.717) is 12.3 Å². The number of anilines is 1. The lowest BCUT2D eigenvalue weighted by Crippen LogP contribution is -2.14. The zero-order chi connectivity index (χ0) is 22.6. The first-order valence-electron chi connectivity index (χ1n) is 9.92. The van der Waals surface area contributed by atoms with Gasteiger partial charge in [0.05, 0.1) is 17.7 Å². The van der Waals surface area contributed by atoms with Crippen molar-refractivity contribution in [3.8, 4) is 11.1 Å². The Labute approximate surface area is 186 Å². The molecule has 7 nitrogen and oxygen atoms in total. The maximum Gasteiger partial charge on any atom is 0.322 e. The van der Waals surface area contributed by atoms with Crippen molar-refractivity contribution in [2.45, 2.75) is 17.7 Å². The Hall–Kier alpha value is -3.78. The Balaban J connectivity index is 1.33. The summed E-state index contributed by atoms with van der Waals surface area (Å²) in [5.74, 6) is 0.0600. The lowest BCUT2D eigenvalue weighted by molar-refractivity contribution is -0.115. The van der Waals surface area contributed by atoms with Gasteiger partial charge in [-0.3, -0.25) is 10.1 Å². The van der Waals surface area contributed by atoms with E-state index in [9.17, 15) is 13.2 Å². The fourth-order valence-electron chi connectivity index (χ4n) is 3.20. The Kier molecular flexibility index (Phi) is 6.13. The summed E-state index contributed by atoms with van der Waals surface area (Å²) in [5.41, 5.74) is 3.89. The molecule has 0 saturated heterocycles. The summed E-state index contributed by atoms with van der Waals surface area (Å²) >= 11 is 0. The van der Waals surface area contributed by atoms with Crippen LogP contribution in [0.15, 0.2) is 88.2 Å². The minimum absolute atomic E-state index is 0.0265. The number of aromatic nitrogens is 2. The highest BCUT2D eigenvalue weighted by atomic mass is 32.2. The van der Waals surface area contributed by atoms with E-state index >= 15 is 0 Å². The number of benzene rings is 3. The zero-order valence-corrected chi connectivity index (χ0v) is 18.2. The molecule has 1 aromatic heterocycles. The van der Waals surface area contributed by atoms with E-state index in [1.165, 1.54) is 12.1 Å². The smallest absolute Gasteiger partial charge is 0.322 e. The highest BCUT2D eigenvalue weighted by molar-refractivity contribution is 7.90. The zero-order valence-electron chi connectivity index (χ0n) is 17.4. The van der Waals surface area contributed by atoms with Gasteiger partial charge in [-0.1, -0.05) is 71.8 Å². The molecule has 162 valence electrons. The molecule has 3 aromatic carbocycles. The van der Waals surface area contributed by atoms with Crippen LogP contribution in [0.2, 0.25) is 0 Å². The lowest BCUT2D eigenvalue weighted by atomic mass is 10.0. The molecule has 0 spiro atoms. The van der Waals surface area contributed by atoms with Gasteiger partial charge in [-0.2, -0.15) is 0 Å². The van der Waals surface area contributed by atoms with Crippen LogP contribution in [-0.4, -0.2) is 30.8 Å². The van der Waals surface area contributed by atoms with Gasteiger partial charge in [-0.05, 0) is 34.4 Å². The van der Waals surface area contributed by atoms with Gasteiger partial charge in [0, 0.05) is 6.26 Å². The molecule has 1 heterocycles. The van der Waals surface area contributed by atoms with Gasteiger partial charge in [0.2, 0.25) is 11.8 Å². The van der Waals surface area contributed by atoms with Crippen LogP contribution in [0.5, 0.6) is 0 Å². The molecule has 0 radical (unpaired) electrons. The molecule has 32 heavy (non-hydrogen) atoms. The molecule has 0 saturated carbocycles. The molecule has 8 heteroatoms. The van der Waals surface area contributed by atoms with E-state index in [1.807, 2.05) is 54.6 Å². The van der Waals surface area contributed by atoms with Gasteiger partial charge >= 0.3 is 6.01 Å². The average molecular weight is 448 g/mol. The van der Waals surface area contributed by atoms with Gasteiger partial charge in [0.15, 0.2) is 9.84 Å². The summed E-state index contributed by atoms with van der Waals surface area (Å²) in [5, 5.41) is 10.4. The number of hydrogen-bond donors (Lipinski definition) is 1. The van der Waals surface area contributed by atoms with Crippen LogP contribution in [0.1, 0.15) is 17.0 Å². The quantitative estimate of drug-likeness (QED) is 0.461. The number of nitrogens with zero attached hydrogens (tertiary/aromatic N) is 2. The summed E-state index contributed by atoms with van der Waals surface area (Å²) in [6.45, 7) is 0. The van der Waals surface area contributed by atoms with E-state index in [1.54, 1.807) is 12.1 Å². The summed E-state index contributed by atoms with van der Waals surface area (Å²) in [6.07, 6.45) is 1.67. The number of sulfone groups is 1. The molecule has 1 amide bonds. The van der Waals surface area contributed by atoms with Crippen LogP contribution < -0.4 is 5.32 Å². The summed E-state index contributed by atoms with van der Waals surface area (Å²) in [4.78, 5) is 12.6. The van der Waals surface area contributed by atoms with Crippen LogP contribution >= 0.6 is 0 Å². The van der Waals surface area contributed by atoms with E-state index in [4.69, 9.17) is 4.42 Å². The fourth-order valence-corrected chi connectivity index (χ4v) is 3.83. The molecule has 0 aliphatic heterocycles. The highest BCUT2D eigenvalue weighted by Crippen LogP contribution is 2.20. The molecule has 1 N–H and O–H groups in total. The summed E-state index contributed by atoms with van der Waals surface area (Å²) in [6, 6.07) is 24.3. The third-order valence-electron chi connectivity index (χ3n) is 4.85. The number of rotatable bonds is 7. The second kappa shape index (κ2) is 9.15. The third-order valence-corrected chi connectivity index (χ3v) is 5.97. The second-order valence-corrected chi connectivity index (χ2v) is 9.40. The number of carbonyl (C=O) groups excluding carboxylic acids is 1. The molecule has 0 unspecified atom stereocenters. The van der Waals surface area contributed by atoms with E-state index < -0.39 is 9.84 Å². The van der Waals surface area contributed by atoms with Crippen LogP contribution in [0.4, 0.5) is 6.01 Å². The molecule has 0 atom stereocenters. The predicted octanol–water partition coefficient (Wildman–Crippen LogP) is 3.91. The number of carbonyl (C=O) groups is 1. The SMILES string of the molecule is CS(=O)(=O)c1ccc(Cc2nnc(NC(=O)Cc3ccc(-c4ccccc4)cc3)o2)cc1. The Morgan fingerprint density at radius 2 is 1.47 bits per heavy atom. The van der Waals surface area contributed by atoms with Crippen LogP contribution in [-0.2, 0) is 27.5 Å². The molecule has 0 fully saturated rings. The van der Waals surface area contributed by atoms with Crippen molar-refractivity contribution in [3.63, 3.8) is 0 Å². The van der Waals surface area contributed by atoms with Gasteiger partial charge in [-0.15, -0.1) is 5.10 Å². The minimum atomic E-state index is -3.24. The highest BCUT2D eigenvalue weighted by Gasteiger charge is 2.12. The minimum Gasteiger partial charge on any atom is -0.407 e. The lowest BCUT2D eigenvalue weighted by Gasteiger charge is -2.04. The van der Waals surface area contributed by atoms with Gasteiger partial charge in [-0.25, -0.2) is 8.42 Å². The van der Waals surface area contributed by atoms with E-state index in [2.05, 4.69) is 15.5 Å². The predicted molar refractivity (Wildman–Crippen MR) is 121 cm³/mol. The topological polar surface area (TPSA) is 102 Å². The first kappa shape index (κ1) is 21.5. The van der Waals surface area contributed by atoms with Crippen molar-refractivity contribution < 1.29 is 17.6 Å². The van der Waals surface area contributed by atoms with E-state index in [-0.39, 0.29) is 23.2 Å². The van der Waals surface area contributed by atoms with E-state index in [0.717, 1.165) is 28.5 Å². The molecule has 0 aliphatic rings.